The summed E-state index contributed by atoms with van der Waals surface area (Å²) in [5.74, 6) is -7.80. The maximum absolute atomic E-state index is 16.3. The lowest BCUT2D eigenvalue weighted by atomic mass is 9.44. The SMILES string of the molecule is CC(=O)O[C@H]1C(=O)[C@]2(C)[C@@H](OC3OC[C@@H](O)[C@H](C)[C@H]3O)C[C@H]3OC[C@@]3(OC(C)=O)[C@H]2[C@H](OC(=O)c2ccccc2)[C@]2(O)C[C@H](OC(=O)[C@H](O)[C@@H](NC(=O)c3ccccc3)c3ccccc3)C(C)=C1C2(C)C. The number of benzene rings is 3. The zero-order valence-corrected chi connectivity index (χ0v) is 40.5. The van der Waals surface area contributed by atoms with Gasteiger partial charge in [0.15, 0.2) is 29.9 Å². The second kappa shape index (κ2) is 19.6. The second-order valence-electron chi connectivity index (χ2n) is 20.1. The van der Waals surface area contributed by atoms with Gasteiger partial charge in [-0.1, -0.05) is 87.5 Å². The van der Waals surface area contributed by atoms with Gasteiger partial charge in [0.1, 0.15) is 30.0 Å². The van der Waals surface area contributed by atoms with Gasteiger partial charge in [-0.2, -0.15) is 0 Å². The highest BCUT2D eigenvalue weighted by Gasteiger charge is 2.79. The normalized spacial score (nSPS) is 34.8. The van der Waals surface area contributed by atoms with Crippen LogP contribution in [0.2, 0.25) is 0 Å². The lowest BCUT2D eigenvalue weighted by molar-refractivity contribution is -0.364. The molecule has 2 saturated heterocycles. The van der Waals surface area contributed by atoms with E-state index in [4.69, 9.17) is 33.2 Å². The van der Waals surface area contributed by atoms with Crippen LogP contribution in [-0.2, 0) is 52.3 Å². The largest absolute Gasteiger partial charge is 0.456 e. The Morgan fingerprint density at radius 2 is 1.42 bits per heavy atom. The Kier molecular flexibility index (Phi) is 14.2. The highest BCUT2D eigenvalue weighted by Crippen LogP contribution is 2.65. The van der Waals surface area contributed by atoms with Crippen LogP contribution in [0.4, 0.5) is 0 Å². The predicted octanol–water partition coefficient (Wildman–Crippen LogP) is 3.47. The van der Waals surface area contributed by atoms with Crippen LogP contribution >= 0.6 is 0 Å². The fourth-order valence-corrected chi connectivity index (χ4v) is 11.6. The Morgan fingerprint density at radius 3 is 2.00 bits per heavy atom. The van der Waals surface area contributed by atoms with E-state index >= 15 is 4.79 Å². The number of fused-ring (bicyclic) bond motifs is 5. The molecule has 1 amide bonds. The van der Waals surface area contributed by atoms with Crippen molar-refractivity contribution in [2.75, 3.05) is 13.2 Å². The number of rotatable bonds is 12. The molecule has 0 spiro atoms. The summed E-state index contributed by atoms with van der Waals surface area (Å²) in [4.78, 5) is 85.7. The molecule has 380 valence electrons. The smallest absolute Gasteiger partial charge is 0.338 e. The molecule has 8 rings (SSSR count). The topological polar surface area (TPSA) is 260 Å². The van der Waals surface area contributed by atoms with Gasteiger partial charge in [0.2, 0.25) is 0 Å². The summed E-state index contributed by atoms with van der Waals surface area (Å²) in [6, 6.07) is 22.8. The summed E-state index contributed by atoms with van der Waals surface area (Å²) in [6.45, 7) is 9.32. The molecule has 1 unspecified atom stereocenters. The molecule has 3 aromatic rings. The lowest BCUT2D eigenvalue weighted by Crippen LogP contribution is -2.82. The molecule has 2 aliphatic heterocycles. The van der Waals surface area contributed by atoms with Gasteiger partial charge < -0.3 is 58.9 Å². The van der Waals surface area contributed by atoms with Crippen molar-refractivity contribution < 1.29 is 82.4 Å². The molecule has 71 heavy (non-hydrogen) atoms. The molecule has 0 aromatic heterocycles. The molecule has 5 N–H and O–H groups in total. The van der Waals surface area contributed by atoms with Crippen LogP contribution in [-0.4, -0.2) is 136 Å². The van der Waals surface area contributed by atoms with Crippen molar-refractivity contribution in [3.05, 3.63) is 119 Å². The Balaban J connectivity index is 1.30. The molecule has 4 fully saturated rings. The Bertz CT molecular complexity index is 2550. The monoisotopic (exact) mass is 983 g/mol. The highest BCUT2D eigenvalue weighted by molar-refractivity contribution is 5.96. The van der Waals surface area contributed by atoms with Gasteiger partial charge in [0.05, 0.1) is 48.4 Å². The molecule has 18 heteroatoms. The number of Topliss-reactive ketones (excluding diaryl/α,β-unsaturated/α-hetero) is 1. The number of aliphatic hydroxyl groups excluding tert-OH is 3. The van der Waals surface area contributed by atoms with Crippen LogP contribution in [0.5, 0.6) is 0 Å². The summed E-state index contributed by atoms with van der Waals surface area (Å²) in [6.07, 6.45) is -14.6. The summed E-state index contributed by atoms with van der Waals surface area (Å²) in [5, 5.41) is 50.7. The minimum Gasteiger partial charge on any atom is -0.456 e. The molecule has 15 atom stereocenters. The third-order valence-corrected chi connectivity index (χ3v) is 15.6. The first-order valence-corrected chi connectivity index (χ1v) is 23.7. The van der Waals surface area contributed by atoms with Crippen LogP contribution in [0.1, 0.15) is 93.6 Å². The van der Waals surface area contributed by atoms with E-state index in [9.17, 15) is 44.4 Å². The molecule has 0 radical (unpaired) electrons. The van der Waals surface area contributed by atoms with Gasteiger partial charge in [-0.25, -0.2) is 9.59 Å². The zero-order valence-electron chi connectivity index (χ0n) is 40.5. The molecular formula is C53H61NO17. The standard InChI is InChI=1S/C53H61NO17/c1-27-34(57)25-65-49(40(27)58)69-36-23-37-52(26-66-37,71-30(4)56)43-45(70-47(62)33-21-15-10-16-22-33)53(64)24-35(28(2)38(50(53,5)6)42(67-29(3)55)44(60)51(36,43)7)68-48(63)41(59)39(31-17-11-8-12-18-31)54-46(61)32-19-13-9-14-20-32/h8-22,27,34-37,39-43,45,49,57-59,64H,23-26H2,1-7H3,(H,54,61)/t27-,34+,35-,36-,37+,39-,40+,41+,42+,43-,45-,49?,51+,52-,53+/m0/s1. The Morgan fingerprint density at radius 1 is 0.817 bits per heavy atom. The Hall–Kier alpha value is -5.86. The maximum atomic E-state index is 16.3. The lowest BCUT2D eigenvalue weighted by Gasteiger charge is -2.68. The molecule has 2 saturated carbocycles. The van der Waals surface area contributed by atoms with E-state index in [1.807, 2.05) is 0 Å². The number of amides is 1. The van der Waals surface area contributed by atoms with Gasteiger partial charge in [-0.15, -0.1) is 0 Å². The van der Waals surface area contributed by atoms with Crippen LogP contribution in [0, 0.1) is 22.7 Å². The number of aliphatic hydroxyl groups is 4. The number of esters is 4. The molecule has 18 nitrogen and oxygen atoms in total. The van der Waals surface area contributed by atoms with Crippen molar-refractivity contribution in [2.45, 2.75) is 134 Å². The number of carbonyl (C=O) groups is 6. The van der Waals surface area contributed by atoms with Crippen LogP contribution in [0.3, 0.4) is 0 Å². The third-order valence-electron chi connectivity index (χ3n) is 15.6. The van der Waals surface area contributed by atoms with Gasteiger partial charge in [-0.3, -0.25) is 19.2 Å². The summed E-state index contributed by atoms with van der Waals surface area (Å²) < 4.78 is 43.6. The van der Waals surface area contributed by atoms with Crippen LogP contribution < -0.4 is 5.32 Å². The number of ketones is 1. The molecule has 2 heterocycles. The first kappa shape index (κ1) is 51.5. The number of hydrogen-bond donors (Lipinski definition) is 5. The zero-order chi connectivity index (χ0) is 51.4. The first-order chi connectivity index (χ1) is 33.6. The van der Waals surface area contributed by atoms with Gasteiger partial charge >= 0.3 is 23.9 Å². The molecule has 5 aliphatic rings. The summed E-state index contributed by atoms with van der Waals surface area (Å²) in [5.41, 5.74) is -7.43. The van der Waals surface area contributed by atoms with E-state index in [0.717, 1.165) is 13.8 Å². The maximum Gasteiger partial charge on any atom is 0.338 e. The average Bonchev–Trinajstić information content (AvgIpc) is 3.34. The van der Waals surface area contributed by atoms with E-state index in [2.05, 4.69) is 5.32 Å². The molecule has 3 aliphatic carbocycles. The van der Waals surface area contributed by atoms with E-state index < -0.39 is 137 Å². The average molecular weight is 984 g/mol. The number of hydrogen-bond acceptors (Lipinski definition) is 17. The Labute approximate surface area is 410 Å². The minimum absolute atomic E-state index is 0.0332. The predicted molar refractivity (Wildman–Crippen MR) is 247 cm³/mol. The van der Waals surface area contributed by atoms with Crippen LogP contribution in [0.25, 0.3) is 0 Å². The number of ether oxygens (including phenoxy) is 7. The van der Waals surface area contributed by atoms with Gasteiger partial charge in [0, 0.05) is 43.6 Å². The van der Waals surface area contributed by atoms with E-state index in [1.54, 1.807) is 99.6 Å². The fourth-order valence-electron chi connectivity index (χ4n) is 11.6. The minimum atomic E-state index is -2.47. The van der Waals surface area contributed by atoms with Crippen LogP contribution in [0.15, 0.2) is 102 Å². The quantitative estimate of drug-likeness (QED) is 0.0989. The van der Waals surface area contributed by atoms with E-state index in [0.29, 0.717) is 5.56 Å². The van der Waals surface area contributed by atoms with Crippen molar-refractivity contribution in [2.24, 2.45) is 22.7 Å². The summed E-state index contributed by atoms with van der Waals surface area (Å²) >= 11 is 0. The molecule has 3 aromatic carbocycles. The number of nitrogens with one attached hydrogen (secondary N) is 1. The molecular weight excluding hydrogens is 923 g/mol. The van der Waals surface area contributed by atoms with Crippen molar-refractivity contribution >= 4 is 35.6 Å². The van der Waals surface area contributed by atoms with Crippen molar-refractivity contribution in [3.63, 3.8) is 0 Å². The van der Waals surface area contributed by atoms with Crippen molar-refractivity contribution in [1.29, 1.82) is 0 Å². The van der Waals surface area contributed by atoms with Crippen molar-refractivity contribution in [3.8, 4) is 0 Å². The van der Waals surface area contributed by atoms with Gasteiger partial charge in [0.25, 0.3) is 5.91 Å². The first-order valence-electron chi connectivity index (χ1n) is 23.7. The van der Waals surface area contributed by atoms with E-state index in [1.165, 1.54) is 26.0 Å². The highest BCUT2D eigenvalue weighted by atomic mass is 16.7. The summed E-state index contributed by atoms with van der Waals surface area (Å²) in [7, 11) is 0. The fraction of sp³-hybridized carbons (Fsp3) is 0.509. The van der Waals surface area contributed by atoms with Crippen molar-refractivity contribution in [1.82, 2.24) is 5.32 Å². The second-order valence-corrected chi connectivity index (χ2v) is 20.1. The molecule has 2 bridgehead atoms. The third kappa shape index (κ3) is 8.97. The number of carbonyl (C=O) groups excluding carboxylic acids is 6. The van der Waals surface area contributed by atoms with E-state index in [-0.39, 0.29) is 41.9 Å². The van der Waals surface area contributed by atoms with Gasteiger partial charge in [-0.05, 0) is 54.8 Å².